The Hall–Kier alpha value is -2.77. The number of nitrogens with zero attached hydrogens (tertiary/aromatic N) is 3. The number of rotatable bonds is 3. The second kappa shape index (κ2) is 10.2. The third kappa shape index (κ3) is 6.37. The topological polar surface area (TPSA) is 79.4 Å². The summed E-state index contributed by atoms with van der Waals surface area (Å²) in [6, 6.07) is 9.50. The zero-order valence-corrected chi connectivity index (χ0v) is 19.6. The summed E-state index contributed by atoms with van der Waals surface area (Å²) in [4.78, 5) is 43.0. The molecule has 3 rings (SSSR count). The first-order valence-electron chi connectivity index (χ1n) is 11.4. The Labute approximate surface area is 190 Å². The van der Waals surface area contributed by atoms with Gasteiger partial charge >= 0.3 is 12.2 Å². The first kappa shape index (κ1) is 23.9. The summed E-state index contributed by atoms with van der Waals surface area (Å²) in [6.45, 7) is 10.2. The lowest BCUT2D eigenvalue weighted by atomic mass is 9.94. The van der Waals surface area contributed by atoms with Crippen LogP contribution in [-0.4, -0.2) is 77.2 Å². The van der Waals surface area contributed by atoms with Gasteiger partial charge in [-0.3, -0.25) is 4.79 Å². The van der Waals surface area contributed by atoms with Gasteiger partial charge in [0.25, 0.3) is 0 Å². The standard InChI is InChI=1S/C24H35N3O5/c1-18-16-26(22(29)31-17-19-8-6-5-7-9-19)14-15-27(18)21(28)20-10-12-25(13-11-20)23(30)32-24(2,3)4/h5-9,18,20H,10-17H2,1-4H3/t18-/m1/s1. The largest absolute Gasteiger partial charge is 0.445 e. The van der Waals surface area contributed by atoms with E-state index in [1.165, 1.54) is 0 Å². The Morgan fingerprint density at radius 3 is 2.19 bits per heavy atom. The van der Waals surface area contributed by atoms with Crippen LogP contribution in [0.15, 0.2) is 30.3 Å². The molecule has 2 aliphatic heterocycles. The van der Waals surface area contributed by atoms with Gasteiger partial charge in [0, 0.05) is 44.7 Å². The molecule has 0 bridgehead atoms. The second-order valence-corrected chi connectivity index (χ2v) is 9.61. The van der Waals surface area contributed by atoms with Crippen molar-refractivity contribution in [2.75, 3.05) is 32.7 Å². The molecule has 0 aliphatic carbocycles. The van der Waals surface area contributed by atoms with Crippen LogP contribution in [-0.2, 0) is 20.9 Å². The molecule has 176 valence electrons. The van der Waals surface area contributed by atoms with Crippen LogP contribution in [0.25, 0.3) is 0 Å². The van der Waals surface area contributed by atoms with E-state index >= 15 is 0 Å². The van der Waals surface area contributed by atoms with Crippen LogP contribution in [0.5, 0.6) is 0 Å². The van der Waals surface area contributed by atoms with Crippen molar-refractivity contribution >= 4 is 18.1 Å². The van der Waals surface area contributed by atoms with Gasteiger partial charge in [-0.25, -0.2) is 9.59 Å². The molecular formula is C24H35N3O5. The Bertz CT molecular complexity index is 800. The first-order valence-corrected chi connectivity index (χ1v) is 11.4. The fraction of sp³-hybridized carbons (Fsp3) is 0.625. The molecule has 2 saturated heterocycles. The highest BCUT2D eigenvalue weighted by Gasteiger charge is 2.36. The molecule has 8 heteroatoms. The zero-order valence-electron chi connectivity index (χ0n) is 19.6. The number of hydrogen-bond donors (Lipinski definition) is 0. The van der Waals surface area contributed by atoms with Crippen molar-refractivity contribution in [2.24, 2.45) is 5.92 Å². The number of benzene rings is 1. The Kier molecular flexibility index (Phi) is 7.64. The number of piperidine rings is 1. The van der Waals surface area contributed by atoms with Crippen molar-refractivity contribution in [2.45, 2.75) is 58.8 Å². The van der Waals surface area contributed by atoms with E-state index in [9.17, 15) is 14.4 Å². The lowest BCUT2D eigenvalue weighted by Crippen LogP contribution is -2.57. The molecule has 0 N–H and O–H groups in total. The van der Waals surface area contributed by atoms with Gasteiger partial charge in [0.1, 0.15) is 12.2 Å². The highest BCUT2D eigenvalue weighted by Crippen LogP contribution is 2.24. The van der Waals surface area contributed by atoms with Crippen LogP contribution >= 0.6 is 0 Å². The van der Waals surface area contributed by atoms with E-state index < -0.39 is 5.60 Å². The van der Waals surface area contributed by atoms with E-state index in [0.717, 1.165) is 5.56 Å². The number of amides is 3. The fourth-order valence-electron chi connectivity index (χ4n) is 4.13. The summed E-state index contributed by atoms with van der Waals surface area (Å²) in [5.74, 6) is 0.00589. The van der Waals surface area contributed by atoms with Gasteiger partial charge in [-0.05, 0) is 46.1 Å². The van der Waals surface area contributed by atoms with Crippen molar-refractivity contribution < 1.29 is 23.9 Å². The zero-order chi connectivity index (χ0) is 23.3. The normalized spacial score (nSPS) is 20.1. The maximum Gasteiger partial charge on any atom is 0.410 e. The van der Waals surface area contributed by atoms with Crippen LogP contribution < -0.4 is 0 Å². The van der Waals surface area contributed by atoms with Gasteiger partial charge in [-0.15, -0.1) is 0 Å². The molecule has 1 aromatic carbocycles. The molecule has 2 aliphatic rings. The average Bonchev–Trinajstić information content (AvgIpc) is 2.76. The van der Waals surface area contributed by atoms with Crippen molar-refractivity contribution in [1.29, 1.82) is 0 Å². The molecule has 2 fully saturated rings. The average molecular weight is 446 g/mol. The molecule has 0 spiro atoms. The highest BCUT2D eigenvalue weighted by molar-refractivity contribution is 5.80. The summed E-state index contributed by atoms with van der Waals surface area (Å²) in [7, 11) is 0. The summed E-state index contributed by atoms with van der Waals surface area (Å²) in [6.07, 6.45) is 0.590. The van der Waals surface area contributed by atoms with Gasteiger partial charge in [-0.1, -0.05) is 30.3 Å². The molecule has 0 saturated carbocycles. The number of likely N-dealkylation sites (tertiary alicyclic amines) is 1. The third-order valence-corrected chi connectivity index (χ3v) is 5.87. The molecule has 1 atom stereocenters. The quantitative estimate of drug-likeness (QED) is 0.711. The predicted molar refractivity (Wildman–Crippen MR) is 120 cm³/mol. The van der Waals surface area contributed by atoms with Gasteiger partial charge in [0.15, 0.2) is 0 Å². The smallest absolute Gasteiger partial charge is 0.410 e. The van der Waals surface area contributed by atoms with Crippen molar-refractivity contribution in [3.05, 3.63) is 35.9 Å². The predicted octanol–water partition coefficient (Wildman–Crippen LogP) is 3.50. The Morgan fingerprint density at radius 2 is 1.59 bits per heavy atom. The van der Waals surface area contributed by atoms with Crippen molar-refractivity contribution in [3.8, 4) is 0 Å². The van der Waals surface area contributed by atoms with Crippen LogP contribution in [0.1, 0.15) is 46.1 Å². The van der Waals surface area contributed by atoms with Crippen molar-refractivity contribution in [1.82, 2.24) is 14.7 Å². The van der Waals surface area contributed by atoms with E-state index in [1.807, 2.05) is 62.9 Å². The molecular weight excluding hydrogens is 410 g/mol. The number of ether oxygens (including phenoxy) is 2. The first-order chi connectivity index (χ1) is 15.1. The minimum absolute atomic E-state index is 0.0792. The molecule has 32 heavy (non-hydrogen) atoms. The summed E-state index contributed by atoms with van der Waals surface area (Å²) < 4.78 is 10.9. The van der Waals surface area contributed by atoms with Crippen LogP contribution in [0.2, 0.25) is 0 Å². The lowest BCUT2D eigenvalue weighted by Gasteiger charge is -2.42. The van der Waals surface area contributed by atoms with E-state index in [2.05, 4.69) is 0 Å². The summed E-state index contributed by atoms with van der Waals surface area (Å²) in [5, 5.41) is 0. The summed E-state index contributed by atoms with van der Waals surface area (Å²) in [5.41, 5.74) is 0.418. The van der Waals surface area contributed by atoms with Gasteiger partial charge in [0.2, 0.25) is 5.91 Å². The SMILES string of the molecule is C[C@@H]1CN(C(=O)OCc2ccccc2)CCN1C(=O)C1CCN(C(=O)OC(C)(C)C)CC1. The maximum atomic E-state index is 13.1. The van der Waals surface area contributed by atoms with Crippen LogP contribution in [0.4, 0.5) is 9.59 Å². The summed E-state index contributed by atoms with van der Waals surface area (Å²) >= 11 is 0. The van der Waals surface area contributed by atoms with E-state index in [-0.39, 0.29) is 36.7 Å². The molecule has 0 radical (unpaired) electrons. The van der Waals surface area contributed by atoms with Crippen LogP contribution in [0, 0.1) is 5.92 Å². The Morgan fingerprint density at radius 1 is 0.938 bits per heavy atom. The van der Waals surface area contributed by atoms with E-state index in [4.69, 9.17) is 9.47 Å². The van der Waals surface area contributed by atoms with Crippen LogP contribution in [0.3, 0.4) is 0 Å². The molecule has 0 aromatic heterocycles. The minimum Gasteiger partial charge on any atom is -0.445 e. The van der Waals surface area contributed by atoms with E-state index in [1.54, 1.807) is 9.80 Å². The molecule has 3 amide bonds. The molecule has 0 unspecified atom stereocenters. The third-order valence-electron chi connectivity index (χ3n) is 5.87. The second-order valence-electron chi connectivity index (χ2n) is 9.61. The lowest BCUT2D eigenvalue weighted by molar-refractivity contribution is -0.141. The number of hydrogen-bond acceptors (Lipinski definition) is 5. The van der Waals surface area contributed by atoms with Gasteiger partial charge in [-0.2, -0.15) is 0 Å². The molecule has 8 nitrogen and oxygen atoms in total. The molecule has 1 aromatic rings. The Balaban J connectivity index is 1.45. The number of carbonyl (C=O) groups is 3. The van der Waals surface area contributed by atoms with Gasteiger partial charge < -0.3 is 24.2 Å². The van der Waals surface area contributed by atoms with Crippen molar-refractivity contribution in [3.63, 3.8) is 0 Å². The highest BCUT2D eigenvalue weighted by atomic mass is 16.6. The monoisotopic (exact) mass is 445 g/mol. The number of carbonyl (C=O) groups excluding carboxylic acids is 3. The molecule has 2 heterocycles. The number of piperazine rings is 1. The fourth-order valence-corrected chi connectivity index (χ4v) is 4.13. The maximum absolute atomic E-state index is 13.1. The van der Waals surface area contributed by atoms with E-state index in [0.29, 0.717) is 45.6 Å². The van der Waals surface area contributed by atoms with Gasteiger partial charge in [0.05, 0.1) is 0 Å². The minimum atomic E-state index is -0.527.